The first-order chi connectivity index (χ1) is 46.6. The predicted octanol–water partition coefficient (Wildman–Crippen LogP) is 5.54. The van der Waals surface area contributed by atoms with Crippen LogP contribution in [0.5, 0.6) is 0 Å². The Balaban J connectivity index is 0.000000583. The molecule has 8 rings (SSSR count). The van der Waals surface area contributed by atoms with Crippen LogP contribution in [0.1, 0.15) is 209 Å². The first-order valence-electron chi connectivity index (χ1n) is 36.0. The fourth-order valence-corrected chi connectivity index (χ4v) is 19.2. The number of sulfonamides is 4. The molecule has 612 valence electrons. The van der Waals surface area contributed by atoms with Crippen LogP contribution < -0.4 is 20.6 Å². The maximum Gasteiger partial charge on any atom is 0.214 e. The van der Waals surface area contributed by atoms with Crippen molar-refractivity contribution in [1.29, 1.82) is 0 Å². The molecule has 28 nitrogen and oxygen atoms in total. The molecule has 8 aliphatic rings. The number of sulfone groups is 4. The number of nitrogens with two attached hydrogens (primary N) is 4. The molecule has 0 heterocycles. The molecule has 0 saturated heterocycles. The third-order valence-corrected chi connectivity index (χ3v) is 34.8. The highest BCUT2D eigenvalue weighted by molar-refractivity contribution is 7.92. The number of primary sulfonamides is 4. The molecule has 0 aromatic rings. The molecule has 8 aliphatic carbocycles. The van der Waals surface area contributed by atoms with Gasteiger partial charge in [-0.3, -0.25) is 0 Å². The Bertz CT molecular complexity index is 2870. The van der Waals surface area contributed by atoms with Gasteiger partial charge in [-0.2, -0.15) is 0 Å². The standard InChI is InChI=1S/2C9H18O3S.4C8H17NO3S.2C8H16O3S/c2*1-7(13(3,10)11)9(12-2)8-5-4-6-8;4*1-6(13(9,10)11)8(12-2)7-4-3-5-7;2*1-6(12(2,10)11)8(9)7-4-3-5-7/h2*7-9H,4-6H2,1-3H3;4*6-8H,3-5H2,1-2H3,(H2,9,10,11);2*6-9H,3-5H2,1-2H3/t7-,9+;7-,9-;2*6-,8+;2*6-,8-;6-,8+;6-,8-/m00101011/s1. The summed E-state index contributed by atoms with van der Waals surface area (Å²) < 4.78 is 209. The van der Waals surface area contributed by atoms with Gasteiger partial charge >= 0.3 is 0 Å². The third kappa shape index (κ3) is 32.6. The van der Waals surface area contributed by atoms with E-state index in [9.17, 15) is 77.6 Å². The molecule has 0 unspecified atom stereocenters. The van der Waals surface area contributed by atoms with E-state index >= 15 is 0 Å². The van der Waals surface area contributed by atoms with Crippen LogP contribution in [0.2, 0.25) is 0 Å². The van der Waals surface area contributed by atoms with E-state index in [1.807, 2.05) is 0 Å². The summed E-state index contributed by atoms with van der Waals surface area (Å²) in [5.41, 5.74) is 0. The van der Waals surface area contributed by atoms with Crippen LogP contribution in [0.4, 0.5) is 0 Å². The lowest BCUT2D eigenvalue weighted by atomic mass is 9.80. The normalized spacial score (nSPS) is 23.8. The molecular formula is C66H136N4O24S8. The average Bonchev–Trinajstić information content (AvgIpc) is 0.882. The van der Waals surface area contributed by atoms with Crippen molar-refractivity contribution in [2.24, 2.45) is 67.9 Å². The van der Waals surface area contributed by atoms with Crippen LogP contribution in [0.15, 0.2) is 0 Å². The van der Waals surface area contributed by atoms with Crippen LogP contribution in [0.25, 0.3) is 0 Å². The van der Waals surface area contributed by atoms with E-state index < -0.39 is 123 Å². The highest BCUT2D eigenvalue weighted by Crippen LogP contribution is 2.39. The number of methoxy groups -OCH3 is 6. The summed E-state index contributed by atoms with van der Waals surface area (Å²) in [6.45, 7) is 13.1. The van der Waals surface area contributed by atoms with Crippen molar-refractivity contribution in [2.75, 3.05) is 67.7 Å². The van der Waals surface area contributed by atoms with Gasteiger partial charge in [-0.05, 0) is 205 Å². The molecule has 0 aliphatic heterocycles. The van der Waals surface area contributed by atoms with Gasteiger partial charge in [0.05, 0.1) is 90.8 Å². The van der Waals surface area contributed by atoms with Crippen molar-refractivity contribution < 1.29 is 106 Å². The Morgan fingerprint density at radius 3 is 0.431 bits per heavy atom. The van der Waals surface area contributed by atoms with Crippen LogP contribution in [-0.4, -0.2) is 236 Å². The fraction of sp³-hybridized carbons (Fsp3) is 1.00. The number of aliphatic hydroxyl groups excluding tert-OH is 2. The Hall–Kier alpha value is -0.880. The first kappa shape index (κ1) is 99.1. The lowest BCUT2D eigenvalue weighted by Gasteiger charge is -2.35. The van der Waals surface area contributed by atoms with E-state index in [-0.39, 0.29) is 59.0 Å². The van der Waals surface area contributed by atoms with Crippen LogP contribution >= 0.6 is 0 Å². The number of hydrogen-bond acceptors (Lipinski definition) is 24. The maximum atomic E-state index is 11.3. The molecule has 0 aromatic heterocycles. The molecule has 0 radical (unpaired) electrons. The zero-order valence-corrected chi connectivity index (χ0v) is 70.8. The van der Waals surface area contributed by atoms with Gasteiger partial charge < -0.3 is 38.6 Å². The van der Waals surface area contributed by atoms with E-state index in [2.05, 4.69) is 0 Å². The summed E-state index contributed by atoms with van der Waals surface area (Å²) in [7, 11) is -16.5. The average molecular weight is 1630 g/mol. The van der Waals surface area contributed by atoms with E-state index in [0.717, 1.165) is 116 Å². The number of aliphatic hydroxyl groups is 2. The number of hydrogen-bond donors (Lipinski definition) is 6. The van der Waals surface area contributed by atoms with Gasteiger partial charge in [-0.1, -0.05) is 51.4 Å². The van der Waals surface area contributed by atoms with Crippen molar-refractivity contribution in [3.8, 4) is 0 Å². The minimum absolute atomic E-state index is 0.108. The van der Waals surface area contributed by atoms with Gasteiger partial charge in [0.1, 0.15) is 0 Å². The van der Waals surface area contributed by atoms with E-state index in [0.29, 0.717) is 35.5 Å². The molecule has 0 spiro atoms. The SMILES string of the molecule is CO[C@@H](C1CCC1)[C@@H](C)S(N)(=O)=O.CO[C@@H](C1CCC1)[C@H](C)S(C)(=O)=O.CO[C@@H](C1CCC1)[C@H](C)S(N)(=O)=O.CO[C@H](C1CCC1)[C@@H](C)S(N)(=O)=O.CO[C@H](C1CCC1)[C@H](C)S(C)(=O)=O.CO[C@H](C1CCC1)[C@H](C)S(N)(=O)=O.C[C@H]([C@@H](O)C1CCC1)S(C)(=O)=O.C[C@H]([C@H](O)C1CCC1)S(C)(=O)=O. The highest BCUT2D eigenvalue weighted by atomic mass is 32.2. The molecule has 8 fully saturated rings. The van der Waals surface area contributed by atoms with Gasteiger partial charge in [-0.25, -0.2) is 87.9 Å². The molecule has 0 amide bonds. The zero-order valence-electron chi connectivity index (χ0n) is 64.3. The smallest absolute Gasteiger partial charge is 0.214 e. The topological polar surface area (TPSA) is 473 Å². The second kappa shape index (κ2) is 44.2. The van der Waals surface area contributed by atoms with Crippen LogP contribution in [-0.2, 0) is 108 Å². The molecule has 16 atom stereocenters. The van der Waals surface area contributed by atoms with Gasteiger partial charge in [0.15, 0.2) is 39.3 Å². The summed E-state index contributed by atoms with van der Waals surface area (Å²) in [6, 6.07) is 0. The van der Waals surface area contributed by atoms with Gasteiger partial charge in [-0.15, -0.1) is 0 Å². The molecule has 0 bridgehead atoms. The Labute approximate surface area is 617 Å². The van der Waals surface area contributed by atoms with Crippen molar-refractivity contribution in [1.82, 2.24) is 0 Å². The zero-order chi connectivity index (χ0) is 79.1. The summed E-state index contributed by atoms with van der Waals surface area (Å²) in [6.07, 6.45) is 28.6. The Morgan fingerprint density at radius 2 is 0.353 bits per heavy atom. The van der Waals surface area contributed by atoms with Crippen molar-refractivity contribution in [2.45, 2.75) is 300 Å². The predicted molar refractivity (Wildman–Crippen MR) is 403 cm³/mol. The second-order valence-electron chi connectivity index (χ2n) is 30.0. The summed E-state index contributed by atoms with van der Waals surface area (Å²) in [5, 5.41) is 35.1. The highest BCUT2D eigenvalue weighted by Gasteiger charge is 2.42. The summed E-state index contributed by atoms with van der Waals surface area (Å²) >= 11 is 0. The molecular weight excluding hydrogens is 1490 g/mol. The Kier molecular flexibility index (Phi) is 43.0. The minimum Gasteiger partial charge on any atom is -0.392 e. The van der Waals surface area contributed by atoms with Gasteiger partial charge in [0.2, 0.25) is 40.1 Å². The van der Waals surface area contributed by atoms with E-state index in [4.69, 9.17) is 49.0 Å². The lowest BCUT2D eigenvalue weighted by Crippen LogP contribution is -2.43. The largest absolute Gasteiger partial charge is 0.392 e. The van der Waals surface area contributed by atoms with Gasteiger partial charge in [0, 0.05) is 67.7 Å². The van der Waals surface area contributed by atoms with E-state index in [1.165, 1.54) is 63.5 Å². The maximum absolute atomic E-state index is 11.3. The fourth-order valence-electron chi connectivity index (χ4n) is 13.3. The minimum atomic E-state index is -3.46. The summed E-state index contributed by atoms with van der Waals surface area (Å²) in [4.78, 5) is 0. The molecule has 0 aromatic carbocycles. The Morgan fingerprint density at radius 1 is 0.235 bits per heavy atom. The number of ether oxygens (including phenoxy) is 6. The molecule has 102 heavy (non-hydrogen) atoms. The first-order valence-corrected chi connectivity index (χ1v) is 50.2. The second-order valence-corrected chi connectivity index (χ2v) is 47.3. The molecule has 10 N–H and O–H groups in total. The molecule has 36 heteroatoms. The number of rotatable bonds is 30. The van der Waals surface area contributed by atoms with Crippen LogP contribution in [0.3, 0.4) is 0 Å². The van der Waals surface area contributed by atoms with Crippen molar-refractivity contribution in [3.63, 3.8) is 0 Å². The van der Waals surface area contributed by atoms with Crippen molar-refractivity contribution >= 4 is 79.4 Å². The summed E-state index contributed by atoms with van der Waals surface area (Å²) in [5.74, 6) is 2.84. The van der Waals surface area contributed by atoms with Crippen LogP contribution in [0, 0.1) is 47.3 Å². The lowest BCUT2D eigenvalue weighted by molar-refractivity contribution is 0.0193. The van der Waals surface area contributed by atoms with E-state index in [1.54, 1.807) is 98.0 Å². The molecule has 8 saturated carbocycles. The third-order valence-electron chi connectivity index (χ3n) is 23.1. The quantitative estimate of drug-likeness (QED) is 0.0513. The van der Waals surface area contributed by atoms with Crippen molar-refractivity contribution in [3.05, 3.63) is 0 Å². The van der Waals surface area contributed by atoms with Gasteiger partial charge in [0.25, 0.3) is 0 Å². The monoisotopic (exact) mass is 1620 g/mol.